The fourth-order valence-corrected chi connectivity index (χ4v) is 2.37. The number of aliphatic hydroxyl groups is 2. The first kappa shape index (κ1) is 14.3. The summed E-state index contributed by atoms with van der Waals surface area (Å²) in [4.78, 5) is 22.6. The smallest absolute Gasteiger partial charge is 0.138 e. The standard InChI is InChI=1S/C13H22O4/c1-13(2,3)12(17)5-4-8-9(7-14)11(16)6-10(8)15/h7-11,15-16H,4-6H2,1-3H3. The third kappa shape index (κ3) is 3.36. The molecule has 0 aromatic heterocycles. The van der Waals surface area contributed by atoms with E-state index in [1.807, 2.05) is 20.8 Å². The molecule has 0 heterocycles. The Morgan fingerprint density at radius 1 is 1.29 bits per heavy atom. The van der Waals surface area contributed by atoms with Gasteiger partial charge in [-0.25, -0.2) is 0 Å². The minimum Gasteiger partial charge on any atom is -0.393 e. The second kappa shape index (κ2) is 5.27. The maximum absolute atomic E-state index is 11.8. The van der Waals surface area contributed by atoms with Gasteiger partial charge in [0.25, 0.3) is 0 Å². The largest absolute Gasteiger partial charge is 0.393 e. The van der Waals surface area contributed by atoms with E-state index in [0.29, 0.717) is 19.1 Å². The van der Waals surface area contributed by atoms with Crippen LogP contribution in [0.1, 0.15) is 40.0 Å². The van der Waals surface area contributed by atoms with Crippen LogP contribution in [0.25, 0.3) is 0 Å². The van der Waals surface area contributed by atoms with Crippen molar-refractivity contribution in [1.82, 2.24) is 0 Å². The minimum absolute atomic E-state index is 0.121. The number of aldehydes is 1. The number of ketones is 1. The molecule has 4 unspecified atom stereocenters. The van der Waals surface area contributed by atoms with Crippen LogP contribution in [0.5, 0.6) is 0 Å². The Morgan fingerprint density at radius 3 is 2.35 bits per heavy atom. The molecule has 0 aliphatic heterocycles. The zero-order valence-corrected chi connectivity index (χ0v) is 10.7. The molecule has 4 atom stereocenters. The van der Waals surface area contributed by atoms with Crippen LogP contribution in [-0.4, -0.2) is 34.5 Å². The van der Waals surface area contributed by atoms with Crippen LogP contribution in [0.4, 0.5) is 0 Å². The zero-order valence-electron chi connectivity index (χ0n) is 10.7. The summed E-state index contributed by atoms with van der Waals surface area (Å²) in [6.07, 6.45) is 0.315. The predicted octanol–water partition coefficient (Wildman–Crippen LogP) is 0.939. The van der Waals surface area contributed by atoms with E-state index in [1.165, 1.54) is 0 Å². The first-order valence-electron chi connectivity index (χ1n) is 6.12. The molecule has 0 aromatic carbocycles. The molecule has 0 spiro atoms. The van der Waals surface area contributed by atoms with E-state index < -0.39 is 23.5 Å². The SMILES string of the molecule is CC(C)(C)C(=O)CCC1C(O)CC(O)C1C=O. The van der Waals surface area contributed by atoms with Crippen molar-refractivity contribution in [3.05, 3.63) is 0 Å². The summed E-state index contributed by atoms with van der Waals surface area (Å²) in [6.45, 7) is 5.56. The van der Waals surface area contributed by atoms with E-state index in [-0.39, 0.29) is 18.1 Å². The van der Waals surface area contributed by atoms with E-state index >= 15 is 0 Å². The molecule has 0 radical (unpaired) electrons. The van der Waals surface area contributed by atoms with E-state index in [4.69, 9.17) is 0 Å². The fourth-order valence-electron chi connectivity index (χ4n) is 2.37. The molecule has 4 nitrogen and oxygen atoms in total. The normalized spacial score (nSPS) is 33.7. The summed E-state index contributed by atoms with van der Waals surface area (Å²) in [5, 5.41) is 19.3. The van der Waals surface area contributed by atoms with Crippen molar-refractivity contribution in [3.8, 4) is 0 Å². The van der Waals surface area contributed by atoms with Gasteiger partial charge in [-0.2, -0.15) is 0 Å². The van der Waals surface area contributed by atoms with Crippen LogP contribution in [0.3, 0.4) is 0 Å². The third-order valence-corrected chi connectivity index (χ3v) is 3.61. The molecule has 1 aliphatic rings. The molecule has 1 rings (SSSR count). The number of Topliss-reactive ketones (excluding diaryl/α,β-unsaturated/α-hetero) is 1. The number of hydrogen-bond donors (Lipinski definition) is 2. The Balaban J connectivity index is 2.56. The molecule has 1 aliphatic carbocycles. The van der Waals surface area contributed by atoms with Gasteiger partial charge in [-0.3, -0.25) is 4.79 Å². The monoisotopic (exact) mass is 242 g/mol. The molecule has 4 heteroatoms. The first-order valence-corrected chi connectivity index (χ1v) is 6.12. The quantitative estimate of drug-likeness (QED) is 0.719. The minimum atomic E-state index is -0.766. The van der Waals surface area contributed by atoms with Gasteiger partial charge in [0, 0.05) is 24.2 Å². The number of carbonyl (C=O) groups is 2. The van der Waals surface area contributed by atoms with Gasteiger partial charge in [0.05, 0.1) is 12.2 Å². The van der Waals surface area contributed by atoms with Crippen molar-refractivity contribution in [2.24, 2.45) is 17.3 Å². The Hall–Kier alpha value is -0.740. The zero-order chi connectivity index (χ0) is 13.2. The highest BCUT2D eigenvalue weighted by Crippen LogP contribution is 2.35. The highest BCUT2D eigenvalue weighted by molar-refractivity contribution is 5.83. The second-order valence-electron chi connectivity index (χ2n) is 5.96. The van der Waals surface area contributed by atoms with Crippen LogP contribution in [-0.2, 0) is 9.59 Å². The van der Waals surface area contributed by atoms with Crippen LogP contribution >= 0.6 is 0 Å². The first-order chi connectivity index (χ1) is 7.77. The molecular weight excluding hydrogens is 220 g/mol. The van der Waals surface area contributed by atoms with Gasteiger partial charge in [-0.1, -0.05) is 20.8 Å². The Morgan fingerprint density at radius 2 is 1.88 bits per heavy atom. The fraction of sp³-hybridized carbons (Fsp3) is 0.846. The van der Waals surface area contributed by atoms with Crippen LogP contribution in [0, 0.1) is 17.3 Å². The van der Waals surface area contributed by atoms with Crippen molar-refractivity contribution >= 4 is 12.1 Å². The van der Waals surface area contributed by atoms with Gasteiger partial charge in [0.1, 0.15) is 12.1 Å². The van der Waals surface area contributed by atoms with Crippen LogP contribution < -0.4 is 0 Å². The van der Waals surface area contributed by atoms with Gasteiger partial charge in [0.2, 0.25) is 0 Å². The average molecular weight is 242 g/mol. The number of hydrogen-bond acceptors (Lipinski definition) is 4. The summed E-state index contributed by atoms with van der Waals surface area (Å²) in [5.74, 6) is -0.692. The molecule has 0 bridgehead atoms. The number of aliphatic hydroxyl groups excluding tert-OH is 2. The topological polar surface area (TPSA) is 74.6 Å². The summed E-state index contributed by atoms with van der Waals surface area (Å²) >= 11 is 0. The molecule has 17 heavy (non-hydrogen) atoms. The maximum atomic E-state index is 11.8. The average Bonchev–Trinajstić information content (AvgIpc) is 2.47. The summed E-state index contributed by atoms with van der Waals surface area (Å²) in [7, 11) is 0. The molecule has 98 valence electrons. The Bertz CT molecular complexity index is 292. The van der Waals surface area contributed by atoms with Crippen LogP contribution in [0.2, 0.25) is 0 Å². The van der Waals surface area contributed by atoms with E-state index in [2.05, 4.69) is 0 Å². The van der Waals surface area contributed by atoms with Gasteiger partial charge in [0.15, 0.2) is 0 Å². The van der Waals surface area contributed by atoms with E-state index in [1.54, 1.807) is 0 Å². The molecule has 0 aromatic rings. The molecule has 0 amide bonds. The highest BCUT2D eigenvalue weighted by Gasteiger charge is 2.41. The molecule has 0 saturated heterocycles. The summed E-state index contributed by atoms with van der Waals surface area (Å²) in [5.41, 5.74) is -0.390. The Labute approximate surface area is 102 Å². The lowest BCUT2D eigenvalue weighted by atomic mass is 9.83. The number of carbonyl (C=O) groups excluding carboxylic acids is 2. The summed E-state index contributed by atoms with van der Waals surface area (Å²) in [6, 6.07) is 0. The Kier molecular flexibility index (Phi) is 4.44. The lowest BCUT2D eigenvalue weighted by Gasteiger charge is -2.21. The molecule has 1 fully saturated rings. The third-order valence-electron chi connectivity index (χ3n) is 3.61. The highest BCUT2D eigenvalue weighted by atomic mass is 16.3. The molecular formula is C13H22O4. The van der Waals surface area contributed by atoms with Gasteiger partial charge in [-0.05, 0) is 12.3 Å². The molecule has 1 saturated carbocycles. The predicted molar refractivity (Wildman–Crippen MR) is 63.4 cm³/mol. The van der Waals surface area contributed by atoms with Gasteiger partial charge < -0.3 is 15.0 Å². The van der Waals surface area contributed by atoms with E-state index in [0.717, 1.165) is 0 Å². The number of rotatable bonds is 4. The van der Waals surface area contributed by atoms with Gasteiger partial charge in [-0.15, -0.1) is 0 Å². The lowest BCUT2D eigenvalue weighted by Crippen LogP contribution is -2.26. The van der Waals surface area contributed by atoms with Crippen molar-refractivity contribution in [3.63, 3.8) is 0 Å². The van der Waals surface area contributed by atoms with Crippen LogP contribution in [0.15, 0.2) is 0 Å². The van der Waals surface area contributed by atoms with Crippen molar-refractivity contribution in [2.45, 2.75) is 52.2 Å². The summed E-state index contributed by atoms with van der Waals surface area (Å²) < 4.78 is 0. The lowest BCUT2D eigenvalue weighted by molar-refractivity contribution is -0.127. The van der Waals surface area contributed by atoms with Crippen molar-refractivity contribution in [1.29, 1.82) is 0 Å². The van der Waals surface area contributed by atoms with Crippen molar-refractivity contribution in [2.75, 3.05) is 0 Å². The maximum Gasteiger partial charge on any atom is 0.138 e. The van der Waals surface area contributed by atoms with Gasteiger partial charge >= 0.3 is 0 Å². The molecule has 2 N–H and O–H groups in total. The van der Waals surface area contributed by atoms with Crippen molar-refractivity contribution < 1.29 is 19.8 Å². The second-order valence-corrected chi connectivity index (χ2v) is 5.96. The van der Waals surface area contributed by atoms with E-state index in [9.17, 15) is 19.8 Å².